The summed E-state index contributed by atoms with van der Waals surface area (Å²) in [5.41, 5.74) is 1.14. The van der Waals surface area contributed by atoms with Crippen molar-refractivity contribution in [3.63, 3.8) is 0 Å². The van der Waals surface area contributed by atoms with E-state index in [0.29, 0.717) is 19.8 Å². The maximum atomic E-state index is 6.38. The maximum absolute atomic E-state index is 6.38. The Labute approximate surface area is 172 Å². The van der Waals surface area contributed by atoms with Gasteiger partial charge in [0.2, 0.25) is 0 Å². The van der Waals surface area contributed by atoms with Crippen molar-refractivity contribution >= 4 is 0 Å². The maximum Gasteiger partial charge on any atom is 0.163 e. The first kappa shape index (κ1) is 20.8. The SMILES string of the molecule is COC1=CCON(Cc2ccccc2)[C@H]1[C@H]1OC(C)(C)O[C@H]1[C@H]1COC(C)(C)O1. The lowest BCUT2D eigenvalue weighted by Gasteiger charge is -2.39. The molecule has 7 nitrogen and oxygen atoms in total. The average Bonchev–Trinajstić information content (AvgIpc) is 3.20. The van der Waals surface area contributed by atoms with Crippen molar-refractivity contribution < 1.29 is 28.5 Å². The summed E-state index contributed by atoms with van der Waals surface area (Å²) < 4.78 is 30.3. The summed E-state index contributed by atoms with van der Waals surface area (Å²) in [6, 6.07) is 9.93. The largest absolute Gasteiger partial charge is 0.499 e. The molecule has 0 saturated carbocycles. The van der Waals surface area contributed by atoms with Crippen LogP contribution in [-0.2, 0) is 35.1 Å². The first-order valence-corrected chi connectivity index (χ1v) is 10.1. The van der Waals surface area contributed by atoms with Gasteiger partial charge in [-0.15, -0.1) is 0 Å². The standard InChI is InChI=1S/C22H31NO6/c1-21(2)25-14-17(27-21)19-20(29-22(3,4)28-19)18-16(24-5)11-12-26-23(18)13-15-9-7-6-8-10-15/h6-11,17-20H,12-14H2,1-5H3/t17-,18-,19+,20-/m1/s1. The Morgan fingerprint density at radius 2 is 1.72 bits per heavy atom. The molecule has 0 N–H and O–H groups in total. The van der Waals surface area contributed by atoms with Crippen LogP contribution in [0.15, 0.2) is 42.2 Å². The summed E-state index contributed by atoms with van der Waals surface area (Å²) in [5.74, 6) is -0.584. The predicted octanol–water partition coefficient (Wildman–Crippen LogP) is 3.00. The molecular weight excluding hydrogens is 374 g/mol. The molecule has 1 aromatic rings. The summed E-state index contributed by atoms with van der Waals surface area (Å²) in [5, 5.41) is 1.93. The first-order valence-electron chi connectivity index (χ1n) is 10.1. The van der Waals surface area contributed by atoms with Gasteiger partial charge in [-0.3, -0.25) is 4.84 Å². The van der Waals surface area contributed by atoms with Crippen molar-refractivity contribution in [1.82, 2.24) is 5.06 Å². The van der Waals surface area contributed by atoms with E-state index in [-0.39, 0.29) is 24.4 Å². The highest BCUT2D eigenvalue weighted by atomic mass is 16.8. The van der Waals surface area contributed by atoms with E-state index >= 15 is 0 Å². The van der Waals surface area contributed by atoms with E-state index in [1.54, 1.807) is 7.11 Å². The van der Waals surface area contributed by atoms with Crippen LogP contribution in [0, 0.1) is 0 Å². The third-order valence-corrected chi connectivity index (χ3v) is 5.42. The molecule has 3 heterocycles. The summed E-state index contributed by atoms with van der Waals surface area (Å²) in [7, 11) is 1.68. The Hall–Kier alpha value is -1.48. The summed E-state index contributed by atoms with van der Waals surface area (Å²) >= 11 is 0. The van der Waals surface area contributed by atoms with Crippen LogP contribution in [0.25, 0.3) is 0 Å². The van der Waals surface area contributed by atoms with E-state index < -0.39 is 11.6 Å². The van der Waals surface area contributed by atoms with Gasteiger partial charge in [0.05, 0.1) is 26.9 Å². The van der Waals surface area contributed by atoms with Gasteiger partial charge in [0, 0.05) is 0 Å². The fourth-order valence-corrected chi connectivity index (χ4v) is 4.22. The fraction of sp³-hybridized carbons (Fsp3) is 0.636. The normalized spacial score (nSPS) is 34.2. The van der Waals surface area contributed by atoms with E-state index in [1.165, 1.54) is 0 Å². The van der Waals surface area contributed by atoms with Crippen molar-refractivity contribution in [3.05, 3.63) is 47.7 Å². The number of ether oxygens (including phenoxy) is 5. The number of benzene rings is 1. The number of rotatable bonds is 5. The molecule has 0 spiro atoms. The van der Waals surface area contributed by atoms with E-state index in [1.807, 2.05) is 57.0 Å². The molecule has 0 radical (unpaired) electrons. The molecule has 0 bridgehead atoms. The van der Waals surface area contributed by atoms with Crippen LogP contribution in [0.4, 0.5) is 0 Å². The van der Waals surface area contributed by atoms with Gasteiger partial charge in [0.25, 0.3) is 0 Å². The Morgan fingerprint density at radius 3 is 2.38 bits per heavy atom. The zero-order valence-electron chi connectivity index (χ0n) is 17.8. The molecule has 7 heteroatoms. The molecule has 0 amide bonds. The number of hydrogen-bond acceptors (Lipinski definition) is 7. The molecule has 3 aliphatic rings. The first-order chi connectivity index (χ1) is 13.8. The second-order valence-electron chi connectivity index (χ2n) is 8.54. The van der Waals surface area contributed by atoms with E-state index in [4.69, 9.17) is 28.5 Å². The van der Waals surface area contributed by atoms with Gasteiger partial charge in [-0.1, -0.05) is 30.3 Å². The molecule has 0 unspecified atom stereocenters. The Bertz CT molecular complexity index is 734. The topological polar surface area (TPSA) is 58.6 Å². The van der Waals surface area contributed by atoms with E-state index in [9.17, 15) is 0 Å². The van der Waals surface area contributed by atoms with Crippen LogP contribution >= 0.6 is 0 Å². The minimum absolute atomic E-state index is 0.240. The molecule has 3 aliphatic heterocycles. The molecule has 0 aliphatic carbocycles. The lowest BCUT2D eigenvalue weighted by molar-refractivity contribution is -0.224. The van der Waals surface area contributed by atoms with Crippen molar-refractivity contribution in [1.29, 1.82) is 0 Å². The summed E-state index contributed by atoms with van der Waals surface area (Å²) in [4.78, 5) is 6.03. The molecule has 29 heavy (non-hydrogen) atoms. The molecule has 0 aromatic heterocycles. The molecule has 2 saturated heterocycles. The molecule has 4 rings (SSSR count). The van der Waals surface area contributed by atoms with E-state index in [0.717, 1.165) is 11.3 Å². The van der Waals surface area contributed by atoms with Gasteiger partial charge in [-0.2, -0.15) is 5.06 Å². The van der Waals surface area contributed by atoms with Gasteiger partial charge < -0.3 is 23.7 Å². The van der Waals surface area contributed by atoms with Gasteiger partial charge in [-0.25, -0.2) is 0 Å². The predicted molar refractivity (Wildman–Crippen MR) is 106 cm³/mol. The van der Waals surface area contributed by atoms with Crippen molar-refractivity contribution in [2.75, 3.05) is 20.3 Å². The number of methoxy groups -OCH3 is 1. The smallest absolute Gasteiger partial charge is 0.163 e. The Balaban J connectivity index is 1.63. The quantitative estimate of drug-likeness (QED) is 0.746. The average molecular weight is 405 g/mol. The van der Waals surface area contributed by atoms with Crippen LogP contribution in [0.5, 0.6) is 0 Å². The minimum atomic E-state index is -0.750. The number of nitrogens with zero attached hydrogens (tertiary/aromatic N) is 1. The fourth-order valence-electron chi connectivity index (χ4n) is 4.22. The zero-order chi connectivity index (χ0) is 20.6. The second-order valence-corrected chi connectivity index (χ2v) is 8.54. The highest BCUT2D eigenvalue weighted by Crippen LogP contribution is 2.40. The monoisotopic (exact) mass is 405 g/mol. The summed E-state index contributed by atoms with van der Waals surface area (Å²) in [6.07, 6.45) is 1.04. The van der Waals surface area contributed by atoms with Crippen molar-refractivity contribution in [3.8, 4) is 0 Å². The highest BCUT2D eigenvalue weighted by Gasteiger charge is 2.55. The Kier molecular flexibility index (Phi) is 5.72. The highest BCUT2D eigenvalue weighted by molar-refractivity contribution is 5.17. The summed E-state index contributed by atoms with van der Waals surface area (Å²) in [6.45, 7) is 9.16. The van der Waals surface area contributed by atoms with Gasteiger partial charge in [-0.05, 0) is 39.3 Å². The van der Waals surface area contributed by atoms with Crippen LogP contribution in [-0.4, -0.2) is 61.3 Å². The molecule has 160 valence electrons. The van der Waals surface area contributed by atoms with Crippen LogP contribution in [0.2, 0.25) is 0 Å². The van der Waals surface area contributed by atoms with Crippen molar-refractivity contribution in [2.24, 2.45) is 0 Å². The molecular formula is C22H31NO6. The van der Waals surface area contributed by atoms with Gasteiger partial charge in [0.1, 0.15) is 30.1 Å². The molecule has 4 atom stereocenters. The lowest BCUT2D eigenvalue weighted by atomic mass is 9.98. The van der Waals surface area contributed by atoms with Crippen LogP contribution in [0.3, 0.4) is 0 Å². The van der Waals surface area contributed by atoms with Crippen LogP contribution < -0.4 is 0 Å². The van der Waals surface area contributed by atoms with E-state index in [2.05, 4.69) is 12.1 Å². The lowest BCUT2D eigenvalue weighted by Crippen LogP contribution is -2.53. The molecule has 2 fully saturated rings. The van der Waals surface area contributed by atoms with Crippen LogP contribution in [0.1, 0.15) is 33.3 Å². The zero-order valence-corrected chi connectivity index (χ0v) is 17.8. The number of hydroxylamine groups is 2. The third-order valence-electron chi connectivity index (χ3n) is 5.42. The molecule has 1 aromatic carbocycles. The van der Waals surface area contributed by atoms with Gasteiger partial charge in [0.15, 0.2) is 11.6 Å². The third kappa shape index (κ3) is 4.50. The van der Waals surface area contributed by atoms with Gasteiger partial charge >= 0.3 is 0 Å². The Morgan fingerprint density at radius 1 is 1.00 bits per heavy atom. The number of hydrogen-bond donors (Lipinski definition) is 0. The van der Waals surface area contributed by atoms with Crippen molar-refractivity contribution in [2.45, 2.75) is 70.2 Å². The second kappa shape index (κ2) is 7.98. The minimum Gasteiger partial charge on any atom is -0.499 e.